The van der Waals surface area contributed by atoms with Crippen LogP contribution < -0.4 is 3.71 Å². The minimum Gasteiger partial charge on any atom is -0.392 e. The monoisotopic (exact) mass is 461 g/mol. The van der Waals surface area contributed by atoms with Crippen LogP contribution in [0.15, 0.2) is 41.3 Å². The molecule has 0 amide bonds. The predicted molar refractivity (Wildman–Crippen MR) is 120 cm³/mol. The Labute approximate surface area is 182 Å². The van der Waals surface area contributed by atoms with Crippen molar-refractivity contribution < 1.29 is 13.5 Å². The van der Waals surface area contributed by atoms with E-state index in [0.29, 0.717) is 27.0 Å². The van der Waals surface area contributed by atoms with E-state index in [1.165, 1.54) is 9.78 Å². The van der Waals surface area contributed by atoms with E-state index in [1.807, 2.05) is 13.8 Å². The van der Waals surface area contributed by atoms with Gasteiger partial charge in [-0.2, -0.15) is 0 Å². The molecule has 154 valence electrons. The highest BCUT2D eigenvalue weighted by molar-refractivity contribution is 8.14. The lowest BCUT2D eigenvalue weighted by Crippen LogP contribution is -2.27. The Hall–Kier alpha value is -0.920. The second-order valence-electron chi connectivity index (χ2n) is 6.45. The van der Waals surface area contributed by atoms with Crippen LogP contribution in [0.4, 0.5) is 5.69 Å². The fraction of sp³-hybridized carbons (Fsp3) is 0.400. The summed E-state index contributed by atoms with van der Waals surface area (Å²) >= 11 is 13.4. The summed E-state index contributed by atoms with van der Waals surface area (Å²) in [5.74, 6) is 0.592. The second kappa shape index (κ2) is 10.2. The summed E-state index contributed by atoms with van der Waals surface area (Å²) in [5.41, 5.74) is 1.58. The number of benzene rings is 2. The van der Waals surface area contributed by atoms with Gasteiger partial charge in [0.15, 0.2) is 0 Å². The Bertz CT molecular complexity index is 920. The van der Waals surface area contributed by atoms with Crippen molar-refractivity contribution in [3.05, 3.63) is 57.6 Å². The predicted octanol–water partition coefficient (Wildman–Crippen LogP) is 6.25. The number of hydrogen-bond acceptors (Lipinski definition) is 4. The van der Waals surface area contributed by atoms with Crippen molar-refractivity contribution in [3.63, 3.8) is 0 Å². The molecule has 0 radical (unpaired) electrons. The van der Waals surface area contributed by atoms with Gasteiger partial charge in [-0.15, -0.1) is 0 Å². The molecule has 0 aromatic heterocycles. The van der Waals surface area contributed by atoms with Gasteiger partial charge in [-0.05, 0) is 54.1 Å². The lowest BCUT2D eigenvalue weighted by molar-refractivity contribution is 0.282. The number of aliphatic hydroxyl groups is 1. The maximum absolute atomic E-state index is 13.7. The van der Waals surface area contributed by atoms with Gasteiger partial charge < -0.3 is 5.11 Å². The Morgan fingerprint density at radius 3 is 2.36 bits per heavy atom. The molecule has 2 aromatic rings. The SMILES string of the molecule is CCC[C@@H](C)c1ccc(Cl)cc1S(=O)(=O)N(SCC)c1cc(Cl)ccc1CO. The molecule has 0 heterocycles. The minimum atomic E-state index is -3.94. The highest BCUT2D eigenvalue weighted by Gasteiger charge is 2.31. The van der Waals surface area contributed by atoms with E-state index in [-0.39, 0.29) is 17.4 Å². The van der Waals surface area contributed by atoms with Crippen molar-refractivity contribution in [2.45, 2.75) is 51.0 Å². The Morgan fingerprint density at radius 2 is 1.75 bits per heavy atom. The molecule has 1 atom stereocenters. The average Bonchev–Trinajstić information content (AvgIpc) is 2.66. The van der Waals surface area contributed by atoms with Crippen LogP contribution in [0.2, 0.25) is 10.0 Å². The molecule has 4 nitrogen and oxygen atoms in total. The summed E-state index contributed by atoms with van der Waals surface area (Å²) in [7, 11) is -3.94. The van der Waals surface area contributed by atoms with E-state index in [1.54, 1.807) is 30.3 Å². The molecule has 0 bridgehead atoms. The summed E-state index contributed by atoms with van der Waals surface area (Å²) in [5, 5.41) is 10.5. The summed E-state index contributed by atoms with van der Waals surface area (Å²) in [4.78, 5) is 0.186. The van der Waals surface area contributed by atoms with Crippen LogP contribution in [0.3, 0.4) is 0 Å². The molecule has 0 unspecified atom stereocenters. The highest BCUT2D eigenvalue weighted by Crippen LogP contribution is 2.38. The molecular weight excluding hydrogens is 437 g/mol. The zero-order valence-corrected chi connectivity index (χ0v) is 19.3. The Kier molecular flexibility index (Phi) is 8.52. The van der Waals surface area contributed by atoms with Crippen molar-refractivity contribution in [1.82, 2.24) is 0 Å². The van der Waals surface area contributed by atoms with Gasteiger partial charge in [-0.25, -0.2) is 12.1 Å². The van der Waals surface area contributed by atoms with E-state index in [4.69, 9.17) is 23.2 Å². The number of sulfonamides is 1. The van der Waals surface area contributed by atoms with Crippen LogP contribution in [-0.4, -0.2) is 19.3 Å². The number of anilines is 1. The first-order chi connectivity index (χ1) is 13.3. The third kappa shape index (κ3) is 5.16. The smallest absolute Gasteiger partial charge is 0.274 e. The van der Waals surface area contributed by atoms with E-state index in [9.17, 15) is 13.5 Å². The average molecular weight is 462 g/mol. The standard InChI is InChI=1S/C20H25Cl2NO3S2/c1-4-6-14(3)18-10-9-17(22)12-20(18)28(25,26)23(27-5-2)19-11-16(21)8-7-15(19)13-24/h7-12,14,24H,4-6,13H2,1-3H3/t14-/m1/s1. The van der Waals surface area contributed by atoms with Gasteiger partial charge in [-0.1, -0.05) is 62.5 Å². The number of halogens is 2. The largest absolute Gasteiger partial charge is 0.392 e. The van der Waals surface area contributed by atoms with E-state index >= 15 is 0 Å². The molecule has 8 heteroatoms. The van der Waals surface area contributed by atoms with Gasteiger partial charge in [0.05, 0.1) is 17.2 Å². The Morgan fingerprint density at radius 1 is 1.11 bits per heavy atom. The quantitative estimate of drug-likeness (QED) is 0.448. The number of aliphatic hydroxyl groups excluding tert-OH is 1. The first kappa shape index (κ1) is 23.4. The van der Waals surface area contributed by atoms with Gasteiger partial charge in [-0.3, -0.25) is 0 Å². The fourth-order valence-electron chi connectivity index (χ4n) is 3.04. The summed E-state index contributed by atoms with van der Waals surface area (Å²) in [6, 6.07) is 9.84. The topological polar surface area (TPSA) is 57.6 Å². The lowest BCUT2D eigenvalue weighted by Gasteiger charge is -2.27. The molecule has 0 saturated heterocycles. The van der Waals surface area contributed by atoms with E-state index in [0.717, 1.165) is 30.4 Å². The van der Waals surface area contributed by atoms with Crippen LogP contribution in [0, 0.1) is 0 Å². The van der Waals surface area contributed by atoms with Gasteiger partial charge in [0.2, 0.25) is 0 Å². The highest BCUT2D eigenvalue weighted by atomic mass is 35.5. The van der Waals surface area contributed by atoms with Crippen molar-refractivity contribution in [2.75, 3.05) is 9.46 Å². The van der Waals surface area contributed by atoms with Crippen molar-refractivity contribution in [1.29, 1.82) is 0 Å². The normalized spacial score (nSPS) is 12.8. The first-order valence-corrected chi connectivity index (χ1v) is 12.3. The van der Waals surface area contributed by atoms with Crippen LogP contribution >= 0.6 is 35.1 Å². The molecule has 0 spiro atoms. The second-order valence-corrected chi connectivity index (χ2v) is 10.5. The minimum absolute atomic E-state index is 0.0668. The molecule has 0 aliphatic carbocycles. The number of hydrogen-bond donors (Lipinski definition) is 1. The summed E-state index contributed by atoms with van der Waals surface area (Å²) in [6.45, 7) is 5.66. The zero-order valence-electron chi connectivity index (χ0n) is 16.2. The van der Waals surface area contributed by atoms with Crippen molar-refractivity contribution in [2.24, 2.45) is 0 Å². The van der Waals surface area contributed by atoms with Crippen LogP contribution in [-0.2, 0) is 16.6 Å². The van der Waals surface area contributed by atoms with E-state index in [2.05, 4.69) is 6.92 Å². The van der Waals surface area contributed by atoms with E-state index < -0.39 is 10.0 Å². The molecule has 2 aromatic carbocycles. The van der Waals surface area contributed by atoms with Crippen LogP contribution in [0.1, 0.15) is 50.7 Å². The first-order valence-electron chi connectivity index (χ1n) is 9.13. The maximum Gasteiger partial charge on any atom is 0.274 e. The van der Waals surface area contributed by atoms with Crippen LogP contribution in [0.5, 0.6) is 0 Å². The molecule has 0 aliphatic rings. The van der Waals surface area contributed by atoms with Gasteiger partial charge in [0, 0.05) is 21.4 Å². The van der Waals surface area contributed by atoms with Gasteiger partial charge >= 0.3 is 0 Å². The summed E-state index contributed by atoms with van der Waals surface area (Å²) < 4.78 is 28.7. The van der Waals surface area contributed by atoms with Gasteiger partial charge in [0.1, 0.15) is 0 Å². The molecule has 1 N–H and O–H groups in total. The molecule has 28 heavy (non-hydrogen) atoms. The molecule has 0 aliphatic heterocycles. The third-order valence-corrected chi connectivity index (χ3v) is 7.99. The zero-order chi connectivity index (χ0) is 20.9. The van der Waals surface area contributed by atoms with Gasteiger partial charge in [0.25, 0.3) is 10.0 Å². The third-order valence-electron chi connectivity index (χ3n) is 4.39. The van der Waals surface area contributed by atoms with Crippen molar-refractivity contribution in [3.8, 4) is 0 Å². The Balaban J connectivity index is 2.69. The molecule has 0 saturated carbocycles. The molecule has 2 rings (SSSR count). The van der Waals surface area contributed by atoms with Crippen LogP contribution in [0.25, 0.3) is 0 Å². The number of rotatable bonds is 9. The molecule has 0 fully saturated rings. The molecular formula is C20H25Cl2NO3S2. The fourth-order valence-corrected chi connectivity index (χ4v) is 6.55. The number of nitrogens with zero attached hydrogens (tertiary/aromatic N) is 1. The lowest BCUT2D eigenvalue weighted by atomic mass is 9.97. The van der Waals surface area contributed by atoms with Crippen molar-refractivity contribution >= 4 is 50.9 Å². The summed E-state index contributed by atoms with van der Waals surface area (Å²) in [6.07, 6.45) is 1.81. The maximum atomic E-state index is 13.7.